The highest BCUT2D eigenvalue weighted by Gasteiger charge is 2.11. The molecule has 0 saturated heterocycles. The van der Waals surface area contributed by atoms with E-state index >= 15 is 0 Å². The lowest BCUT2D eigenvalue weighted by molar-refractivity contribution is -0.140. The molecule has 0 bridgehead atoms. The molecule has 2 aromatic heterocycles. The fourth-order valence-corrected chi connectivity index (χ4v) is 2.51. The molecule has 130 valence electrons. The summed E-state index contributed by atoms with van der Waals surface area (Å²) in [7, 11) is 1.39. The molecule has 25 heavy (non-hydrogen) atoms. The van der Waals surface area contributed by atoms with Gasteiger partial charge in [0.05, 0.1) is 7.11 Å². The van der Waals surface area contributed by atoms with E-state index in [-0.39, 0.29) is 5.97 Å². The molecule has 3 aromatic rings. The first kappa shape index (κ1) is 17.2. The fraction of sp³-hybridized carbons (Fsp3) is 0.294. The van der Waals surface area contributed by atoms with E-state index in [9.17, 15) is 4.79 Å². The number of carbonyl (C=O) groups excluding carboxylic acids is 1. The van der Waals surface area contributed by atoms with Gasteiger partial charge in [0.2, 0.25) is 0 Å². The maximum absolute atomic E-state index is 11.2. The van der Waals surface area contributed by atoms with E-state index in [0.717, 1.165) is 17.1 Å². The third-order valence-corrected chi connectivity index (χ3v) is 3.89. The topological polar surface area (TPSA) is 81.4 Å². The van der Waals surface area contributed by atoms with Gasteiger partial charge in [0.1, 0.15) is 5.82 Å². The van der Waals surface area contributed by atoms with Crippen LogP contribution in [0.15, 0.2) is 30.3 Å². The van der Waals surface area contributed by atoms with Crippen LogP contribution in [-0.4, -0.2) is 39.2 Å². The number of fused-ring (bicyclic) bond motifs is 1. The number of hydrogen-bond donors (Lipinski definition) is 1. The molecule has 0 aliphatic rings. The van der Waals surface area contributed by atoms with E-state index in [1.165, 1.54) is 7.11 Å². The Labute approximate surface area is 150 Å². The summed E-state index contributed by atoms with van der Waals surface area (Å²) in [6, 6.07) is 9.23. The van der Waals surface area contributed by atoms with Crippen LogP contribution in [0, 0.1) is 6.92 Å². The number of carbonyl (C=O) groups is 1. The Morgan fingerprint density at radius 2 is 2.04 bits per heavy atom. The van der Waals surface area contributed by atoms with E-state index in [4.69, 9.17) is 11.6 Å². The molecule has 0 aliphatic carbocycles. The average Bonchev–Trinajstić information content (AvgIpc) is 3.02. The summed E-state index contributed by atoms with van der Waals surface area (Å²) in [5.74, 6) is 1.65. The van der Waals surface area contributed by atoms with Gasteiger partial charge in [-0.05, 0) is 37.6 Å². The highest BCUT2D eigenvalue weighted by Crippen LogP contribution is 2.20. The van der Waals surface area contributed by atoms with Crippen molar-refractivity contribution in [1.29, 1.82) is 0 Å². The van der Waals surface area contributed by atoms with Crippen LogP contribution in [0.25, 0.3) is 17.2 Å². The number of ether oxygens (including phenoxy) is 1. The number of rotatable bonds is 6. The molecule has 8 heteroatoms. The number of aryl methyl sites for hydroxylation is 1. The Balaban J connectivity index is 1.83. The number of methoxy groups -OCH3 is 1. The van der Waals surface area contributed by atoms with E-state index < -0.39 is 0 Å². The van der Waals surface area contributed by atoms with Gasteiger partial charge in [0, 0.05) is 35.3 Å². The number of halogens is 1. The van der Waals surface area contributed by atoms with E-state index in [0.29, 0.717) is 36.0 Å². The molecule has 2 heterocycles. The highest BCUT2D eigenvalue weighted by atomic mass is 35.5. The van der Waals surface area contributed by atoms with Gasteiger partial charge in [0.25, 0.3) is 5.78 Å². The summed E-state index contributed by atoms with van der Waals surface area (Å²) in [5, 5.41) is 8.46. The second kappa shape index (κ2) is 7.48. The van der Waals surface area contributed by atoms with E-state index in [2.05, 4.69) is 25.1 Å². The lowest BCUT2D eigenvalue weighted by Gasteiger charge is -2.08. The largest absolute Gasteiger partial charge is 0.469 e. The average molecular weight is 360 g/mol. The van der Waals surface area contributed by atoms with Gasteiger partial charge in [-0.25, -0.2) is 4.98 Å². The molecular weight excluding hydrogens is 342 g/mol. The number of anilines is 1. The summed E-state index contributed by atoms with van der Waals surface area (Å²) < 4.78 is 6.30. The standard InChI is InChI=1S/C17H18ClN5O2/c1-11-10-14(19-9-3-4-15(24)25-2)23-17(20-11)21-16(22-23)12-5-7-13(18)8-6-12/h5-8,10,19H,3-4,9H2,1-2H3. The second-order valence-electron chi connectivity index (χ2n) is 5.54. The van der Waals surface area contributed by atoms with Crippen molar-refractivity contribution >= 4 is 29.2 Å². The minimum absolute atomic E-state index is 0.219. The van der Waals surface area contributed by atoms with Crippen LogP contribution in [0.3, 0.4) is 0 Å². The Kier molecular flexibility index (Phi) is 5.14. The molecule has 7 nitrogen and oxygen atoms in total. The third kappa shape index (κ3) is 4.06. The molecule has 0 unspecified atom stereocenters. The maximum Gasteiger partial charge on any atom is 0.305 e. The first-order valence-electron chi connectivity index (χ1n) is 7.88. The highest BCUT2D eigenvalue weighted by molar-refractivity contribution is 6.30. The Hall–Kier alpha value is -2.67. The molecule has 0 radical (unpaired) electrons. The Bertz CT molecular complexity index is 892. The monoisotopic (exact) mass is 359 g/mol. The van der Waals surface area contributed by atoms with Crippen molar-refractivity contribution in [3.05, 3.63) is 41.0 Å². The third-order valence-electron chi connectivity index (χ3n) is 3.63. The van der Waals surface area contributed by atoms with Crippen molar-refractivity contribution in [2.45, 2.75) is 19.8 Å². The number of esters is 1. The van der Waals surface area contributed by atoms with E-state index in [1.807, 2.05) is 25.1 Å². The first-order valence-corrected chi connectivity index (χ1v) is 8.25. The van der Waals surface area contributed by atoms with Gasteiger partial charge in [0.15, 0.2) is 5.82 Å². The molecule has 0 spiro atoms. The predicted octanol–water partition coefficient (Wildman–Crippen LogP) is 3.12. The SMILES string of the molecule is COC(=O)CCCNc1cc(C)nc2nc(-c3ccc(Cl)cc3)nn12. The van der Waals surface area contributed by atoms with Crippen molar-refractivity contribution in [3.63, 3.8) is 0 Å². The number of nitrogens with zero attached hydrogens (tertiary/aromatic N) is 4. The number of aromatic nitrogens is 4. The van der Waals surface area contributed by atoms with Gasteiger partial charge in [-0.1, -0.05) is 11.6 Å². The van der Waals surface area contributed by atoms with Crippen LogP contribution >= 0.6 is 11.6 Å². The van der Waals surface area contributed by atoms with E-state index in [1.54, 1.807) is 16.6 Å². The maximum atomic E-state index is 11.2. The molecule has 0 amide bonds. The minimum atomic E-state index is -0.219. The lowest BCUT2D eigenvalue weighted by atomic mass is 10.2. The molecular formula is C17H18ClN5O2. The Morgan fingerprint density at radius 1 is 1.28 bits per heavy atom. The number of hydrogen-bond acceptors (Lipinski definition) is 6. The predicted molar refractivity (Wildman–Crippen MR) is 95.7 cm³/mol. The van der Waals surface area contributed by atoms with Crippen molar-refractivity contribution in [1.82, 2.24) is 19.6 Å². The molecule has 1 N–H and O–H groups in total. The summed E-state index contributed by atoms with van der Waals surface area (Å²) in [6.45, 7) is 2.51. The summed E-state index contributed by atoms with van der Waals surface area (Å²) in [6.07, 6.45) is 1.03. The number of benzene rings is 1. The zero-order valence-electron chi connectivity index (χ0n) is 14.0. The van der Waals surface area contributed by atoms with Gasteiger partial charge in [-0.3, -0.25) is 4.79 Å². The second-order valence-corrected chi connectivity index (χ2v) is 5.98. The summed E-state index contributed by atoms with van der Waals surface area (Å²) in [5.41, 5.74) is 1.70. The molecule has 3 rings (SSSR count). The molecule has 0 saturated carbocycles. The van der Waals surface area contributed by atoms with Gasteiger partial charge in [-0.15, -0.1) is 5.10 Å². The molecule has 0 atom stereocenters. The van der Waals surface area contributed by atoms with Crippen LogP contribution in [0.2, 0.25) is 5.02 Å². The van der Waals surface area contributed by atoms with Crippen LogP contribution in [0.5, 0.6) is 0 Å². The van der Waals surface area contributed by atoms with Crippen LogP contribution in [0.4, 0.5) is 5.82 Å². The normalized spacial score (nSPS) is 10.8. The smallest absolute Gasteiger partial charge is 0.305 e. The summed E-state index contributed by atoms with van der Waals surface area (Å²) >= 11 is 5.93. The molecule has 0 fully saturated rings. The quantitative estimate of drug-likeness (QED) is 0.538. The van der Waals surface area contributed by atoms with Crippen LogP contribution < -0.4 is 5.32 Å². The minimum Gasteiger partial charge on any atom is -0.469 e. The van der Waals surface area contributed by atoms with Crippen LogP contribution in [-0.2, 0) is 9.53 Å². The number of nitrogens with one attached hydrogen (secondary N) is 1. The van der Waals surface area contributed by atoms with Crippen molar-refractivity contribution in [2.24, 2.45) is 0 Å². The van der Waals surface area contributed by atoms with Crippen LogP contribution in [0.1, 0.15) is 18.5 Å². The van der Waals surface area contributed by atoms with Crippen molar-refractivity contribution in [2.75, 3.05) is 19.0 Å². The zero-order chi connectivity index (χ0) is 17.8. The first-order chi connectivity index (χ1) is 12.1. The molecule has 0 aliphatic heterocycles. The van der Waals surface area contributed by atoms with Crippen molar-refractivity contribution < 1.29 is 9.53 Å². The molecule has 1 aromatic carbocycles. The lowest BCUT2D eigenvalue weighted by Crippen LogP contribution is -2.10. The van der Waals surface area contributed by atoms with Gasteiger partial charge >= 0.3 is 5.97 Å². The zero-order valence-corrected chi connectivity index (χ0v) is 14.7. The van der Waals surface area contributed by atoms with Crippen molar-refractivity contribution in [3.8, 4) is 11.4 Å². The fourth-order valence-electron chi connectivity index (χ4n) is 2.39. The van der Waals surface area contributed by atoms with Gasteiger partial charge < -0.3 is 10.1 Å². The Morgan fingerprint density at radius 3 is 2.76 bits per heavy atom. The summed E-state index contributed by atoms with van der Waals surface area (Å²) in [4.78, 5) is 20.1. The van der Waals surface area contributed by atoms with Gasteiger partial charge in [-0.2, -0.15) is 9.50 Å².